The van der Waals surface area contributed by atoms with Crippen molar-refractivity contribution in [2.75, 3.05) is 11.9 Å². The fourth-order valence-corrected chi connectivity index (χ4v) is 2.08. The van der Waals surface area contributed by atoms with E-state index in [0.717, 1.165) is 6.20 Å². The summed E-state index contributed by atoms with van der Waals surface area (Å²) in [7, 11) is 1.53. The van der Waals surface area contributed by atoms with E-state index >= 15 is 0 Å². The van der Waals surface area contributed by atoms with E-state index in [0.29, 0.717) is 11.5 Å². The highest BCUT2D eigenvalue weighted by Gasteiger charge is 2.23. The van der Waals surface area contributed by atoms with Crippen molar-refractivity contribution in [2.45, 2.75) is 13.0 Å². The Kier molecular flexibility index (Phi) is 3.62. The van der Waals surface area contributed by atoms with Crippen molar-refractivity contribution in [3.63, 3.8) is 0 Å². The molecule has 3 rings (SSSR count). The molecule has 0 amide bonds. The second-order valence-electron chi connectivity index (χ2n) is 5.00. The fourth-order valence-electron chi connectivity index (χ4n) is 2.08. The van der Waals surface area contributed by atoms with Crippen LogP contribution in [0.5, 0.6) is 0 Å². The zero-order chi connectivity index (χ0) is 16.6. The minimum absolute atomic E-state index is 0.0414. The molecule has 3 aromatic rings. The van der Waals surface area contributed by atoms with Gasteiger partial charge in [-0.2, -0.15) is 4.52 Å². The molecule has 0 bridgehead atoms. The molecule has 0 saturated carbocycles. The predicted molar refractivity (Wildman–Crippen MR) is 79.8 cm³/mol. The van der Waals surface area contributed by atoms with Gasteiger partial charge in [-0.15, -0.1) is 15.3 Å². The molecule has 11 nitrogen and oxygen atoms in total. The van der Waals surface area contributed by atoms with E-state index in [1.165, 1.54) is 16.1 Å². The van der Waals surface area contributed by atoms with Crippen molar-refractivity contribution in [2.24, 2.45) is 7.05 Å². The van der Waals surface area contributed by atoms with Gasteiger partial charge in [0.15, 0.2) is 5.65 Å². The van der Waals surface area contributed by atoms with Crippen LogP contribution in [0.1, 0.15) is 6.92 Å². The highest BCUT2D eigenvalue weighted by atomic mass is 16.6. The van der Waals surface area contributed by atoms with Gasteiger partial charge in [-0.3, -0.25) is 0 Å². The van der Waals surface area contributed by atoms with Crippen LogP contribution in [0, 0.1) is 10.1 Å². The normalized spacial score (nSPS) is 12.5. The SMILES string of the molecule is CC(CO)Nc1ccc2nnc(-c3ncc([N+](=O)[O-])n3C)n2n1. The number of aliphatic hydroxyl groups excluding tert-OH is 1. The molecule has 0 spiro atoms. The molecule has 11 heteroatoms. The van der Waals surface area contributed by atoms with Gasteiger partial charge in [-0.05, 0) is 24.0 Å². The van der Waals surface area contributed by atoms with Gasteiger partial charge >= 0.3 is 5.82 Å². The molecular formula is C12H14N8O3. The summed E-state index contributed by atoms with van der Waals surface area (Å²) in [6.45, 7) is 1.77. The fraction of sp³-hybridized carbons (Fsp3) is 0.333. The van der Waals surface area contributed by atoms with Crippen LogP contribution >= 0.6 is 0 Å². The third kappa shape index (κ3) is 2.57. The molecule has 2 N–H and O–H groups in total. The Labute approximate surface area is 129 Å². The van der Waals surface area contributed by atoms with Crippen molar-refractivity contribution >= 4 is 17.3 Å². The lowest BCUT2D eigenvalue weighted by atomic mass is 10.3. The maximum Gasteiger partial charge on any atom is 0.343 e. The number of aromatic nitrogens is 6. The molecule has 0 aliphatic carbocycles. The lowest BCUT2D eigenvalue weighted by molar-refractivity contribution is -0.391. The Hall–Kier alpha value is -3.08. The van der Waals surface area contributed by atoms with Crippen LogP contribution in [0.3, 0.4) is 0 Å². The first-order chi connectivity index (χ1) is 11.0. The third-order valence-corrected chi connectivity index (χ3v) is 3.28. The predicted octanol–water partition coefficient (Wildman–Crippen LogP) is 0.226. The lowest BCUT2D eigenvalue weighted by Gasteiger charge is -2.11. The minimum atomic E-state index is -0.525. The van der Waals surface area contributed by atoms with Crippen LogP contribution in [-0.2, 0) is 7.05 Å². The van der Waals surface area contributed by atoms with Gasteiger partial charge in [0.05, 0.1) is 13.7 Å². The molecule has 0 aliphatic heterocycles. The Morgan fingerprint density at radius 2 is 2.17 bits per heavy atom. The molecule has 1 atom stereocenters. The number of hydrogen-bond donors (Lipinski definition) is 2. The molecule has 0 aliphatic rings. The number of anilines is 1. The van der Waals surface area contributed by atoms with Gasteiger partial charge in [0.1, 0.15) is 12.0 Å². The minimum Gasteiger partial charge on any atom is -0.394 e. The first-order valence-corrected chi connectivity index (χ1v) is 6.77. The Morgan fingerprint density at radius 3 is 2.83 bits per heavy atom. The van der Waals surface area contributed by atoms with Gasteiger partial charge < -0.3 is 20.5 Å². The van der Waals surface area contributed by atoms with E-state index in [1.54, 1.807) is 19.1 Å². The second kappa shape index (κ2) is 5.61. The lowest BCUT2D eigenvalue weighted by Crippen LogP contribution is -2.20. The quantitative estimate of drug-likeness (QED) is 0.504. The van der Waals surface area contributed by atoms with Gasteiger partial charge in [0.25, 0.3) is 5.82 Å². The van der Waals surface area contributed by atoms with Crippen molar-refractivity contribution in [1.29, 1.82) is 0 Å². The molecule has 0 aromatic carbocycles. The Bertz CT molecular complexity index is 870. The standard InChI is InChI=1S/C12H14N8O3/c1-7(6-21)14-8-3-4-9-15-16-12(19(9)17-8)11-13-5-10(18(11)2)20(22)23/h3-5,7,21H,6H2,1-2H3,(H,14,17). The first-order valence-electron chi connectivity index (χ1n) is 6.77. The molecule has 0 saturated heterocycles. The van der Waals surface area contributed by atoms with Crippen LogP contribution in [0.25, 0.3) is 17.3 Å². The van der Waals surface area contributed by atoms with Crippen LogP contribution in [0.15, 0.2) is 18.3 Å². The van der Waals surface area contributed by atoms with Crippen LogP contribution < -0.4 is 5.32 Å². The molecule has 120 valence electrons. The summed E-state index contributed by atoms with van der Waals surface area (Å²) in [5.74, 6) is 0.934. The maximum absolute atomic E-state index is 10.9. The molecule has 1 unspecified atom stereocenters. The zero-order valence-corrected chi connectivity index (χ0v) is 12.4. The van der Waals surface area contributed by atoms with E-state index in [1.807, 2.05) is 0 Å². The number of hydrogen-bond acceptors (Lipinski definition) is 8. The Morgan fingerprint density at radius 1 is 1.39 bits per heavy atom. The summed E-state index contributed by atoms with van der Waals surface area (Å²) in [6, 6.07) is 3.24. The maximum atomic E-state index is 10.9. The monoisotopic (exact) mass is 318 g/mol. The first kappa shape index (κ1) is 14.8. The summed E-state index contributed by atoms with van der Waals surface area (Å²) in [4.78, 5) is 14.4. The smallest absolute Gasteiger partial charge is 0.343 e. The largest absolute Gasteiger partial charge is 0.394 e. The molecule has 0 radical (unpaired) electrons. The van der Waals surface area contributed by atoms with E-state index in [-0.39, 0.29) is 30.1 Å². The second-order valence-corrected chi connectivity index (χ2v) is 5.00. The zero-order valence-electron chi connectivity index (χ0n) is 12.4. The molecule has 3 aromatic heterocycles. The number of imidazole rings is 1. The highest BCUT2D eigenvalue weighted by molar-refractivity contribution is 5.55. The van der Waals surface area contributed by atoms with E-state index in [4.69, 9.17) is 5.11 Å². The summed E-state index contributed by atoms with van der Waals surface area (Å²) >= 11 is 0. The van der Waals surface area contributed by atoms with Gasteiger partial charge in [-0.25, -0.2) is 9.55 Å². The molecule has 23 heavy (non-hydrogen) atoms. The van der Waals surface area contributed by atoms with Crippen molar-refractivity contribution in [1.82, 2.24) is 29.4 Å². The number of nitrogens with one attached hydrogen (secondary N) is 1. The average molecular weight is 318 g/mol. The molecule has 0 fully saturated rings. The summed E-state index contributed by atoms with van der Waals surface area (Å²) in [5.41, 5.74) is 0.479. The summed E-state index contributed by atoms with van der Waals surface area (Å²) < 4.78 is 2.76. The van der Waals surface area contributed by atoms with Gasteiger partial charge in [0, 0.05) is 6.04 Å². The van der Waals surface area contributed by atoms with Crippen molar-refractivity contribution < 1.29 is 10.0 Å². The number of nitro groups is 1. The van der Waals surface area contributed by atoms with Gasteiger partial charge in [0.2, 0.25) is 5.82 Å². The van der Waals surface area contributed by atoms with Crippen molar-refractivity contribution in [3.05, 3.63) is 28.4 Å². The van der Waals surface area contributed by atoms with Crippen molar-refractivity contribution in [3.8, 4) is 11.6 Å². The Balaban J connectivity index is 2.08. The van der Waals surface area contributed by atoms with Crippen LogP contribution in [0.4, 0.5) is 11.6 Å². The van der Waals surface area contributed by atoms with Crippen LogP contribution in [-0.4, -0.2) is 52.0 Å². The molecule has 3 heterocycles. The third-order valence-electron chi connectivity index (χ3n) is 3.28. The van der Waals surface area contributed by atoms with Gasteiger partial charge in [-0.1, -0.05) is 0 Å². The van der Waals surface area contributed by atoms with Crippen LogP contribution in [0.2, 0.25) is 0 Å². The molecular weight excluding hydrogens is 304 g/mol. The van der Waals surface area contributed by atoms with E-state index < -0.39 is 4.92 Å². The van der Waals surface area contributed by atoms with E-state index in [2.05, 4.69) is 25.6 Å². The number of aliphatic hydroxyl groups is 1. The topological polar surface area (TPSA) is 136 Å². The summed E-state index contributed by atoms with van der Waals surface area (Å²) in [5, 5.41) is 35.4. The van der Waals surface area contributed by atoms with E-state index in [9.17, 15) is 10.1 Å². The number of nitrogens with zero attached hydrogens (tertiary/aromatic N) is 7. The number of rotatable bonds is 5. The number of fused-ring (bicyclic) bond motifs is 1. The summed E-state index contributed by atoms with van der Waals surface area (Å²) in [6.07, 6.45) is 1.16. The highest BCUT2D eigenvalue weighted by Crippen LogP contribution is 2.21. The average Bonchev–Trinajstić information content (AvgIpc) is 3.10.